The Balaban J connectivity index is 2.77. The van der Waals surface area contributed by atoms with Crippen LogP contribution in [0.15, 0.2) is 18.2 Å². The number of sulfonamides is 1. The van der Waals surface area contributed by atoms with Gasteiger partial charge in [0.05, 0.1) is 18.9 Å². The van der Waals surface area contributed by atoms with Gasteiger partial charge < -0.3 is 9.47 Å². The Labute approximate surface area is 149 Å². The van der Waals surface area contributed by atoms with Crippen molar-refractivity contribution in [1.82, 2.24) is 4.31 Å². The van der Waals surface area contributed by atoms with Crippen LogP contribution >= 0.6 is 11.6 Å². The lowest BCUT2D eigenvalue weighted by atomic mass is 10.2. The molecule has 1 aromatic rings. The van der Waals surface area contributed by atoms with Crippen LogP contribution < -0.4 is 4.74 Å². The van der Waals surface area contributed by atoms with Crippen LogP contribution in [-0.2, 0) is 20.5 Å². The van der Waals surface area contributed by atoms with E-state index in [2.05, 4.69) is 6.92 Å². The van der Waals surface area contributed by atoms with Crippen LogP contribution in [-0.4, -0.2) is 39.7 Å². The van der Waals surface area contributed by atoms with Crippen LogP contribution in [0, 0.1) is 11.3 Å². The van der Waals surface area contributed by atoms with Gasteiger partial charge in [0.2, 0.25) is 10.0 Å². The number of hydrogen-bond acceptors (Lipinski definition) is 5. The number of hydrogen-bond donors (Lipinski definition) is 0. The van der Waals surface area contributed by atoms with E-state index in [1.54, 1.807) is 18.2 Å². The van der Waals surface area contributed by atoms with Gasteiger partial charge >= 0.3 is 0 Å². The minimum absolute atomic E-state index is 0.128. The second-order valence-corrected chi connectivity index (χ2v) is 7.67. The number of ether oxygens (including phenoxy) is 2. The van der Waals surface area contributed by atoms with E-state index in [-0.39, 0.29) is 19.0 Å². The molecule has 0 atom stereocenters. The summed E-state index contributed by atoms with van der Waals surface area (Å²) < 4.78 is 36.6. The highest BCUT2D eigenvalue weighted by Gasteiger charge is 2.23. The number of methoxy groups -OCH3 is 1. The molecule has 0 aromatic heterocycles. The number of unbranched alkanes of at least 4 members (excludes halogenated alkanes) is 2. The van der Waals surface area contributed by atoms with Crippen molar-refractivity contribution in [2.75, 3.05) is 27.0 Å². The van der Waals surface area contributed by atoms with Crippen LogP contribution in [0.2, 0.25) is 5.02 Å². The lowest BCUT2D eigenvalue weighted by molar-refractivity contribution is 0.0735. The van der Waals surface area contributed by atoms with Gasteiger partial charge in [0.25, 0.3) is 0 Å². The van der Waals surface area contributed by atoms with Gasteiger partial charge in [-0.3, -0.25) is 0 Å². The fourth-order valence-electron chi connectivity index (χ4n) is 2.05. The first kappa shape index (κ1) is 20.7. The van der Waals surface area contributed by atoms with E-state index < -0.39 is 10.0 Å². The third kappa shape index (κ3) is 7.05. The van der Waals surface area contributed by atoms with Crippen LogP contribution in [0.5, 0.6) is 5.75 Å². The lowest BCUT2D eigenvalue weighted by Gasteiger charge is -2.19. The molecule has 6 nitrogen and oxygen atoms in total. The topological polar surface area (TPSA) is 79.6 Å². The summed E-state index contributed by atoms with van der Waals surface area (Å²) in [5.41, 5.74) is 0.494. The Bertz CT molecular complexity index is 659. The molecule has 0 radical (unpaired) electrons. The molecule has 0 heterocycles. The first-order valence-corrected chi connectivity index (χ1v) is 9.67. The Kier molecular flexibility index (Phi) is 9.08. The summed E-state index contributed by atoms with van der Waals surface area (Å²) in [5, 5.41) is 9.27. The molecule has 0 unspecified atom stereocenters. The quantitative estimate of drug-likeness (QED) is 0.337. The standard InChI is InChI=1S/C16H23ClN2O4S/c1-3-4-5-8-23-13-19(7-6-18)24(20,21)12-14-9-15(17)11-16(10-14)22-2/h9-11H,3-5,7-8,12-13H2,1-2H3. The van der Waals surface area contributed by atoms with E-state index in [4.69, 9.17) is 26.3 Å². The molecular weight excluding hydrogens is 352 g/mol. The SMILES string of the molecule is CCCCCOCN(CC#N)S(=O)(=O)Cc1cc(Cl)cc(OC)c1. The Hall–Kier alpha value is -1.33. The van der Waals surface area contributed by atoms with Crippen molar-refractivity contribution < 1.29 is 17.9 Å². The van der Waals surface area contributed by atoms with E-state index in [0.717, 1.165) is 23.6 Å². The van der Waals surface area contributed by atoms with Crippen molar-refractivity contribution >= 4 is 21.6 Å². The molecule has 8 heteroatoms. The summed E-state index contributed by atoms with van der Waals surface area (Å²) in [7, 11) is -2.22. The average molecular weight is 375 g/mol. The number of nitriles is 1. The molecule has 1 aromatic carbocycles. The minimum Gasteiger partial charge on any atom is -0.497 e. The predicted molar refractivity (Wildman–Crippen MR) is 93.3 cm³/mol. The van der Waals surface area contributed by atoms with Gasteiger partial charge in [-0.2, -0.15) is 9.57 Å². The highest BCUT2D eigenvalue weighted by atomic mass is 35.5. The highest BCUT2D eigenvalue weighted by Crippen LogP contribution is 2.23. The van der Waals surface area contributed by atoms with Crippen molar-refractivity contribution in [3.8, 4) is 11.8 Å². The fourth-order valence-corrected chi connectivity index (χ4v) is 3.56. The van der Waals surface area contributed by atoms with Gasteiger partial charge in [-0.1, -0.05) is 31.4 Å². The van der Waals surface area contributed by atoms with Crippen molar-refractivity contribution in [3.05, 3.63) is 28.8 Å². The van der Waals surface area contributed by atoms with E-state index in [1.165, 1.54) is 7.11 Å². The van der Waals surface area contributed by atoms with Crippen LogP contribution in [0.25, 0.3) is 0 Å². The molecule has 0 amide bonds. The second-order valence-electron chi connectivity index (χ2n) is 5.27. The monoisotopic (exact) mass is 374 g/mol. The molecule has 0 bridgehead atoms. The normalized spacial score (nSPS) is 11.5. The zero-order chi connectivity index (χ0) is 18.0. The molecule has 0 fully saturated rings. The Morgan fingerprint density at radius 3 is 2.67 bits per heavy atom. The molecule has 0 spiro atoms. The number of nitrogens with zero attached hydrogens (tertiary/aromatic N) is 2. The fraction of sp³-hybridized carbons (Fsp3) is 0.562. The van der Waals surface area contributed by atoms with Crippen molar-refractivity contribution in [3.63, 3.8) is 0 Å². The van der Waals surface area contributed by atoms with E-state index >= 15 is 0 Å². The average Bonchev–Trinajstić information content (AvgIpc) is 2.52. The van der Waals surface area contributed by atoms with Gasteiger partial charge in [0.1, 0.15) is 19.0 Å². The maximum absolute atomic E-state index is 12.5. The van der Waals surface area contributed by atoms with Gasteiger partial charge in [-0.05, 0) is 30.2 Å². The third-order valence-corrected chi connectivity index (χ3v) is 5.22. The molecule has 0 saturated carbocycles. The van der Waals surface area contributed by atoms with Crippen LogP contribution in [0.4, 0.5) is 0 Å². The van der Waals surface area contributed by atoms with E-state index in [0.29, 0.717) is 22.9 Å². The second kappa shape index (κ2) is 10.5. The summed E-state index contributed by atoms with van der Waals surface area (Å²) >= 11 is 5.96. The predicted octanol–water partition coefficient (Wildman–Crippen LogP) is 3.17. The minimum atomic E-state index is -3.70. The van der Waals surface area contributed by atoms with Crippen molar-refractivity contribution in [2.24, 2.45) is 0 Å². The van der Waals surface area contributed by atoms with Crippen molar-refractivity contribution in [1.29, 1.82) is 5.26 Å². The smallest absolute Gasteiger partial charge is 0.221 e. The number of benzene rings is 1. The summed E-state index contributed by atoms with van der Waals surface area (Å²) in [5.74, 6) is 0.208. The summed E-state index contributed by atoms with van der Waals surface area (Å²) in [4.78, 5) is 0. The third-order valence-electron chi connectivity index (χ3n) is 3.28. The Morgan fingerprint density at radius 2 is 2.04 bits per heavy atom. The molecule has 0 aliphatic rings. The van der Waals surface area contributed by atoms with Crippen LogP contribution in [0.1, 0.15) is 31.7 Å². The molecule has 0 aliphatic heterocycles. The Morgan fingerprint density at radius 1 is 1.29 bits per heavy atom. The maximum atomic E-state index is 12.5. The molecule has 24 heavy (non-hydrogen) atoms. The highest BCUT2D eigenvalue weighted by molar-refractivity contribution is 7.88. The number of halogens is 1. The summed E-state index contributed by atoms with van der Waals surface area (Å²) in [6.45, 7) is 2.16. The first-order chi connectivity index (χ1) is 11.4. The first-order valence-electron chi connectivity index (χ1n) is 7.69. The number of rotatable bonds is 11. The molecule has 0 saturated heterocycles. The van der Waals surface area contributed by atoms with Gasteiger partial charge in [-0.25, -0.2) is 8.42 Å². The van der Waals surface area contributed by atoms with Gasteiger partial charge in [0.15, 0.2) is 0 Å². The molecule has 0 aliphatic carbocycles. The lowest BCUT2D eigenvalue weighted by Crippen LogP contribution is -2.34. The molecular formula is C16H23ClN2O4S. The van der Waals surface area contributed by atoms with E-state index in [1.807, 2.05) is 6.07 Å². The van der Waals surface area contributed by atoms with Gasteiger partial charge in [-0.15, -0.1) is 0 Å². The zero-order valence-corrected chi connectivity index (χ0v) is 15.6. The molecule has 134 valence electrons. The van der Waals surface area contributed by atoms with Crippen LogP contribution in [0.3, 0.4) is 0 Å². The zero-order valence-electron chi connectivity index (χ0n) is 14.0. The van der Waals surface area contributed by atoms with E-state index in [9.17, 15) is 8.42 Å². The molecule has 1 rings (SSSR count). The summed E-state index contributed by atoms with van der Waals surface area (Å²) in [6, 6.07) is 6.63. The summed E-state index contributed by atoms with van der Waals surface area (Å²) in [6.07, 6.45) is 2.94. The molecule has 0 N–H and O–H groups in total. The largest absolute Gasteiger partial charge is 0.497 e. The van der Waals surface area contributed by atoms with Crippen molar-refractivity contribution in [2.45, 2.75) is 31.9 Å². The maximum Gasteiger partial charge on any atom is 0.221 e. The van der Waals surface area contributed by atoms with Gasteiger partial charge in [0, 0.05) is 11.6 Å².